The summed E-state index contributed by atoms with van der Waals surface area (Å²) in [6.45, 7) is 0. The van der Waals surface area contributed by atoms with Crippen LogP contribution in [-0.4, -0.2) is 0 Å². The summed E-state index contributed by atoms with van der Waals surface area (Å²) in [5.41, 5.74) is 6.13. The summed E-state index contributed by atoms with van der Waals surface area (Å²) >= 11 is 6.85. The Hall–Kier alpha value is -1.79. The first kappa shape index (κ1) is 15.2. The molecular weight excluding hydrogens is 348 g/mol. The standard InChI is InChI=1S/C26H23Cl/c27-23-7-3-6-22-24(23)21-9-8-17-4-1-2-5-20(17)25(21)26(22)18-11-15-10-16(13-18)14-19(26)12-15/h1-9,15-16,18-19H,10-14H2. The molecule has 0 aliphatic heterocycles. The van der Waals surface area contributed by atoms with Crippen LogP contribution in [0, 0.1) is 23.7 Å². The minimum absolute atomic E-state index is 0.198. The number of benzene rings is 3. The van der Waals surface area contributed by atoms with Crippen LogP contribution in [0.5, 0.6) is 0 Å². The predicted molar refractivity (Wildman–Crippen MR) is 112 cm³/mol. The van der Waals surface area contributed by atoms with Gasteiger partial charge in [0.05, 0.1) is 0 Å². The van der Waals surface area contributed by atoms with E-state index in [4.69, 9.17) is 11.6 Å². The highest BCUT2D eigenvalue weighted by Crippen LogP contribution is 2.70. The lowest BCUT2D eigenvalue weighted by molar-refractivity contribution is -0.0393. The Morgan fingerprint density at radius 3 is 2.26 bits per heavy atom. The van der Waals surface area contributed by atoms with Gasteiger partial charge in [0.15, 0.2) is 0 Å². The lowest BCUT2D eigenvalue weighted by Crippen LogP contribution is -2.55. The van der Waals surface area contributed by atoms with E-state index in [-0.39, 0.29) is 5.41 Å². The molecule has 1 heteroatoms. The number of fused-ring (bicyclic) bond motifs is 5. The molecule has 3 aromatic rings. The Bertz CT molecular complexity index is 1080. The van der Waals surface area contributed by atoms with Gasteiger partial charge in [-0.2, -0.15) is 0 Å². The van der Waals surface area contributed by atoms with Crippen LogP contribution in [0.25, 0.3) is 21.9 Å². The van der Waals surface area contributed by atoms with Crippen molar-refractivity contribution in [2.24, 2.45) is 23.7 Å². The molecule has 1 spiro atoms. The van der Waals surface area contributed by atoms with Crippen molar-refractivity contribution in [1.82, 2.24) is 0 Å². The van der Waals surface area contributed by atoms with E-state index in [0.717, 1.165) is 28.7 Å². The minimum atomic E-state index is 0.198. The summed E-state index contributed by atoms with van der Waals surface area (Å²) < 4.78 is 0. The zero-order valence-electron chi connectivity index (χ0n) is 15.4. The largest absolute Gasteiger partial charge is 0.0837 e. The van der Waals surface area contributed by atoms with Gasteiger partial charge >= 0.3 is 0 Å². The third-order valence-electron chi connectivity index (χ3n) is 8.50. The summed E-state index contributed by atoms with van der Waals surface area (Å²) in [6.07, 6.45) is 7.17. The van der Waals surface area contributed by atoms with Gasteiger partial charge in [-0.3, -0.25) is 0 Å². The lowest BCUT2D eigenvalue weighted by Gasteiger charge is -2.61. The Labute approximate surface area is 165 Å². The van der Waals surface area contributed by atoms with Gasteiger partial charge in [-0.05, 0) is 89.3 Å². The molecule has 0 radical (unpaired) electrons. The molecule has 4 bridgehead atoms. The van der Waals surface area contributed by atoms with Crippen molar-refractivity contribution in [1.29, 1.82) is 0 Å². The van der Waals surface area contributed by atoms with E-state index in [1.54, 1.807) is 11.1 Å². The fraction of sp³-hybridized carbons (Fsp3) is 0.385. The molecule has 0 N–H and O–H groups in total. The lowest BCUT2D eigenvalue weighted by atomic mass is 9.43. The third kappa shape index (κ3) is 1.68. The van der Waals surface area contributed by atoms with Gasteiger partial charge in [-0.1, -0.05) is 60.1 Å². The van der Waals surface area contributed by atoms with E-state index in [2.05, 4.69) is 54.6 Å². The SMILES string of the molecule is Clc1cccc2c1-c1ccc3ccccc3c1C21C2CC3CC(C2)CC1C3. The Kier molecular flexibility index (Phi) is 2.79. The number of halogens is 1. The zero-order chi connectivity index (χ0) is 17.8. The van der Waals surface area contributed by atoms with Crippen molar-refractivity contribution in [3.63, 3.8) is 0 Å². The molecule has 0 amide bonds. The first-order valence-electron chi connectivity index (χ1n) is 10.6. The second-order valence-electron chi connectivity index (χ2n) is 9.55. The number of hydrogen-bond acceptors (Lipinski definition) is 0. The van der Waals surface area contributed by atoms with Gasteiger partial charge in [-0.15, -0.1) is 0 Å². The number of hydrogen-bond donors (Lipinski definition) is 0. The second kappa shape index (κ2) is 4.97. The van der Waals surface area contributed by atoms with Crippen molar-refractivity contribution in [2.75, 3.05) is 0 Å². The van der Waals surface area contributed by atoms with Crippen molar-refractivity contribution >= 4 is 22.4 Å². The summed E-state index contributed by atoms with van der Waals surface area (Å²) in [5, 5.41) is 3.79. The summed E-state index contributed by atoms with van der Waals surface area (Å²) in [5.74, 6) is 3.52. The Morgan fingerprint density at radius 2 is 1.48 bits per heavy atom. The smallest absolute Gasteiger partial charge is 0.0487 e. The van der Waals surface area contributed by atoms with E-state index >= 15 is 0 Å². The Morgan fingerprint density at radius 1 is 0.741 bits per heavy atom. The third-order valence-corrected chi connectivity index (χ3v) is 8.81. The van der Waals surface area contributed by atoms with E-state index in [1.807, 2.05) is 0 Å². The van der Waals surface area contributed by atoms with Gasteiger partial charge in [-0.25, -0.2) is 0 Å². The molecule has 134 valence electrons. The molecule has 5 aliphatic carbocycles. The fourth-order valence-electron chi connectivity index (χ4n) is 7.98. The Balaban J connectivity index is 1.65. The average molecular weight is 371 g/mol. The highest BCUT2D eigenvalue weighted by Gasteiger charge is 2.62. The molecule has 0 nitrogen and oxygen atoms in total. The quantitative estimate of drug-likeness (QED) is 0.392. The van der Waals surface area contributed by atoms with Crippen LogP contribution in [-0.2, 0) is 5.41 Å². The molecular formula is C26H23Cl. The molecule has 4 saturated carbocycles. The van der Waals surface area contributed by atoms with E-state index in [1.165, 1.54) is 54.0 Å². The van der Waals surface area contributed by atoms with Crippen molar-refractivity contribution < 1.29 is 0 Å². The van der Waals surface area contributed by atoms with E-state index < -0.39 is 0 Å². The minimum Gasteiger partial charge on any atom is -0.0837 e. The fourth-order valence-corrected chi connectivity index (χ4v) is 8.25. The molecule has 27 heavy (non-hydrogen) atoms. The molecule has 3 aromatic carbocycles. The van der Waals surface area contributed by atoms with Crippen molar-refractivity contribution in [3.8, 4) is 11.1 Å². The topological polar surface area (TPSA) is 0 Å². The first-order chi connectivity index (χ1) is 13.3. The molecule has 5 aliphatic rings. The first-order valence-corrected chi connectivity index (χ1v) is 11.0. The average Bonchev–Trinajstić information content (AvgIpc) is 2.98. The van der Waals surface area contributed by atoms with Crippen LogP contribution < -0.4 is 0 Å². The van der Waals surface area contributed by atoms with Crippen LogP contribution in [0.3, 0.4) is 0 Å². The van der Waals surface area contributed by atoms with Crippen LogP contribution in [0.1, 0.15) is 43.2 Å². The molecule has 0 atom stereocenters. The molecule has 0 heterocycles. The van der Waals surface area contributed by atoms with Gasteiger partial charge < -0.3 is 0 Å². The molecule has 8 rings (SSSR count). The normalized spacial score (nSPS) is 35.0. The zero-order valence-corrected chi connectivity index (χ0v) is 16.2. The van der Waals surface area contributed by atoms with Crippen molar-refractivity contribution in [3.05, 3.63) is 70.7 Å². The van der Waals surface area contributed by atoms with Crippen LogP contribution in [0.2, 0.25) is 5.02 Å². The van der Waals surface area contributed by atoms with Gasteiger partial charge in [0.25, 0.3) is 0 Å². The molecule has 4 fully saturated rings. The van der Waals surface area contributed by atoms with Gasteiger partial charge in [0, 0.05) is 16.0 Å². The molecule has 0 aromatic heterocycles. The maximum absolute atomic E-state index is 6.85. The van der Waals surface area contributed by atoms with Crippen LogP contribution in [0.4, 0.5) is 0 Å². The van der Waals surface area contributed by atoms with E-state index in [0.29, 0.717) is 0 Å². The van der Waals surface area contributed by atoms with Gasteiger partial charge in [0.2, 0.25) is 0 Å². The summed E-state index contributed by atoms with van der Waals surface area (Å²) in [7, 11) is 0. The van der Waals surface area contributed by atoms with Gasteiger partial charge in [0.1, 0.15) is 0 Å². The van der Waals surface area contributed by atoms with Crippen LogP contribution in [0.15, 0.2) is 54.6 Å². The molecule has 0 unspecified atom stereocenters. The maximum Gasteiger partial charge on any atom is 0.0487 e. The highest BCUT2D eigenvalue weighted by atomic mass is 35.5. The summed E-state index contributed by atoms with van der Waals surface area (Å²) in [6, 6.07) is 20.4. The summed E-state index contributed by atoms with van der Waals surface area (Å²) in [4.78, 5) is 0. The van der Waals surface area contributed by atoms with E-state index in [9.17, 15) is 0 Å². The predicted octanol–water partition coefficient (Wildman–Crippen LogP) is 7.22. The number of rotatable bonds is 0. The molecule has 0 saturated heterocycles. The monoisotopic (exact) mass is 370 g/mol. The maximum atomic E-state index is 6.85. The van der Waals surface area contributed by atoms with Crippen molar-refractivity contribution in [2.45, 2.75) is 37.5 Å². The van der Waals surface area contributed by atoms with Crippen LogP contribution >= 0.6 is 11.6 Å². The highest BCUT2D eigenvalue weighted by molar-refractivity contribution is 6.34. The second-order valence-corrected chi connectivity index (χ2v) is 9.95.